The Morgan fingerprint density at radius 2 is 1.96 bits per heavy atom. The van der Waals surface area contributed by atoms with E-state index in [0.29, 0.717) is 35.8 Å². The number of nitrogens with zero attached hydrogens (tertiary/aromatic N) is 1. The van der Waals surface area contributed by atoms with Gasteiger partial charge in [-0.15, -0.1) is 0 Å². The first kappa shape index (κ1) is 18.9. The van der Waals surface area contributed by atoms with Crippen LogP contribution in [0.25, 0.3) is 0 Å². The third-order valence-corrected chi connectivity index (χ3v) is 4.70. The maximum absolute atomic E-state index is 12.7. The summed E-state index contributed by atoms with van der Waals surface area (Å²) in [5.41, 5.74) is 2.05. The van der Waals surface area contributed by atoms with Gasteiger partial charge >= 0.3 is 5.97 Å². The summed E-state index contributed by atoms with van der Waals surface area (Å²) in [7, 11) is 0. The standard InChI is InChI=1S/C20H19ClN2O4/c21-14-4-2-6-16(12-14)23-10-9-17(20(23)27)19(26)22-15-5-1-3-13(11-15)7-8-18(24)25/h1-6,11-12,17H,7-10H2,(H,22,26)(H,24,25). The van der Waals surface area contributed by atoms with Crippen LogP contribution in [-0.4, -0.2) is 29.4 Å². The van der Waals surface area contributed by atoms with Gasteiger partial charge in [-0.25, -0.2) is 0 Å². The molecular formula is C20H19ClN2O4. The predicted octanol–water partition coefficient (Wildman–Crippen LogP) is 3.35. The lowest BCUT2D eigenvalue weighted by Crippen LogP contribution is -2.33. The molecule has 27 heavy (non-hydrogen) atoms. The van der Waals surface area contributed by atoms with Gasteiger partial charge in [-0.2, -0.15) is 0 Å². The number of nitrogens with one attached hydrogen (secondary N) is 1. The molecule has 0 spiro atoms. The van der Waals surface area contributed by atoms with Crippen LogP contribution < -0.4 is 10.2 Å². The number of carboxylic acid groups (broad SMARTS) is 1. The first-order valence-corrected chi connectivity index (χ1v) is 9.00. The van der Waals surface area contributed by atoms with Crippen molar-refractivity contribution in [3.8, 4) is 0 Å². The minimum atomic E-state index is -0.873. The van der Waals surface area contributed by atoms with Crippen molar-refractivity contribution in [2.75, 3.05) is 16.8 Å². The van der Waals surface area contributed by atoms with Gasteiger partial charge in [0.05, 0.1) is 0 Å². The van der Waals surface area contributed by atoms with Gasteiger partial charge in [0.1, 0.15) is 5.92 Å². The molecule has 0 aliphatic carbocycles. The van der Waals surface area contributed by atoms with E-state index in [4.69, 9.17) is 16.7 Å². The van der Waals surface area contributed by atoms with Crippen molar-refractivity contribution >= 4 is 40.8 Å². The maximum atomic E-state index is 12.7. The lowest BCUT2D eigenvalue weighted by Gasteiger charge is -2.17. The number of carbonyl (C=O) groups is 3. The van der Waals surface area contributed by atoms with Crippen LogP contribution in [0, 0.1) is 5.92 Å². The second kappa shape index (κ2) is 8.22. The third kappa shape index (κ3) is 4.65. The molecule has 0 aromatic heterocycles. The number of amides is 2. The van der Waals surface area contributed by atoms with E-state index >= 15 is 0 Å². The Labute approximate surface area is 161 Å². The molecule has 2 N–H and O–H groups in total. The number of carbonyl (C=O) groups excluding carboxylic acids is 2. The average Bonchev–Trinajstić information content (AvgIpc) is 3.02. The van der Waals surface area contributed by atoms with Crippen LogP contribution in [0.5, 0.6) is 0 Å². The SMILES string of the molecule is O=C(O)CCc1cccc(NC(=O)C2CCN(c3cccc(Cl)c3)C2=O)c1. The summed E-state index contributed by atoms with van der Waals surface area (Å²) in [5.74, 6) is -2.24. The zero-order valence-electron chi connectivity index (χ0n) is 14.5. The first-order chi connectivity index (χ1) is 12.9. The number of hydrogen-bond acceptors (Lipinski definition) is 3. The summed E-state index contributed by atoms with van der Waals surface area (Å²) in [6, 6.07) is 14.0. The number of carboxylic acids is 1. The lowest BCUT2D eigenvalue weighted by atomic mass is 10.1. The highest BCUT2D eigenvalue weighted by Gasteiger charge is 2.37. The Hall–Kier alpha value is -2.86. The second-order valence-corrected chi connectivity index (χ2v) is 6.83. The highest BCUT2D eigenvalue weighted by Crippen LogP contribution is 2.28. The summed E-state index contributed by atoms with van der Waals surface area (Å²) in [4.78, 5) is 37.5. The van der Waals surface area contributed by atoms with Crippen molar-refractivity contribution in [3.63, 3.8) is 0 Å². The fourth-order valence-electron chi connectivity index (χ4n) is 3.11. The van der Waals surface area contributed by atoms with Crippen LogP contribution in [0.2, 0.25) is 5.02 Å². The maximum Gasteiger partial charge on any atom is 0.303 e. The molecular weight excluding hydrogens is 368 g/mol. The molecule has 1 saturated heterocycles. The molecule has 1 aliphatic rings. The zero-order valence-corrected chi connectivity index (χ0v) is 15.3. The van der Waals surface area contributed by atoms with Crippen LogP contribution in [0.3, 0.4) is 0 Å². The van der Waals surface area contributed by atoms with E-state index in [1.807, 2.05) is 0 Å². The van der Waals surface area contributed by atoms with E-state index in [0.717, 1.165) is 5.56 Å². The smallest absolute Gasteiger partial charge is 0.303 e. The molecule has 1 atom stereocenters. The molecule has 140 valence electrons. The monoisotopic (exact) mass is 386 g/mol. The van der Waals surface area contributed by atoms with Crippen LogP contribution in [0.1, 0.15) is 18.4 Å². The molecule has 6 nitrogen and oxygen atoms in total. The van der Waals surface area contributed by atoms with Gasteiger partial charge in [0, 0.05) is 29.4 Å². The van der Waals surface area contributed by atoms with Gasteiger partial charge in [0.2, 0.25) is 11.8 Å². The third-order valence-electron chi connectivity index (χ3n) is 4.46. The van der Waals surface area contributed by atoms with E-state index < -0.39 is 11.9 Å². The Morgan fingerprint density at radius 1 is 1.19 bits per heavy atom. The fraction of sp³-hybridized carbons (Fsp3) is 0.250. The lowest BCUT2D eigenvalue weighted by molar-refractivity contribution is -0.137. The van der Waals surface area contributed by atoms with Crippen molar-refractivity contribution in [1.29, 1.82) is 0 Å². The summed E-state index contributed by atoms with van der Waals surface area (Å²) >= 11 is 5.98. The molecule has 2 amide bonds. The normalized spacial score (nSPS) is 16.4. The van der Waals surface area contributed by atoms with Crippen LogP contribution in [0.4, 0.5) is 11.4 Å². The van der Waals surface area contributed by atoms with Crippen molar-refractivity contribution in [1.82, 2.24) is 0 Å². The van der Waals surface area contributed by atoms with Crippen molar-refractivity contribution in [2.24, 2.45) is 5.92 Å². The largest absolute Gasteiger partial charge is 0.481 e. The summed E-state index contributed by atoms with van der Waals surface area (Å²) in [5, 5.41) is 12.1. The van der Waals surface area contributed by atoms with Gasteiger partial charge in [-0.05, 0) is 48.7 Å². The molecule has 1 heterocycles. The highest BCUT2D eigenvalue weighted by atomic mass is 35.5. The zero-order chi connectivity index (χ0) is 19.4. The number of anilines is 2. The summed E-state index contributed by atoms with van der Waals surface area (Å²) < 4.78 is 0. The predicted molar refractivity (Wildman–Crippen MR) is 103 cm³/mol. The van der Waals surface area contributed by atoms with E-state index in [1.165, 1.54) is 0 Å². The molecule has 3 rings (SSSR count). The van der Waals surface area contributed by atoms with E-state index in [2.05, 4.69) is 5.32 Å². The molecule has 0 radical (unpaired) electrons. The van der Waals surface area contributed by atoms with E-state index in [1.54, 1.807) is 53.4 Å². The number of halogens is 1. The molecule has 0 saturated carbocycles. The van der Waals surface area contributed by atoms with Gasteiger partial charge in [0.25, 0.3) is 0 Å². The fourth-order valence-corrected chi connectivity index (χ4v) is 3.29. The molecule has 7 heteroatoms. The first-order valence-electron chi connectivity index (χ1n) is 8.62. The Balaban J connectivity index is 1.66. The summed E-state index contributed by atoms with van der Waals surface area (Å²) in [6.07, 6.45) is 0.826. The van der Waals surface area contributed by atoms with Gasteiger partial charge in [-0.1, -0.05) is 29.8 Å². The number of rotatable bonds is 6. The van der Waals surface area contributed by atoms with E-state index in [-0.39, 0.29) is 18.2 Å². The van der Waals surface area contributed by atoms with Crippen molar-refractivity contribution in [3.05, 3.63) is 59.1 Å². The number of benzene rings is 2. The molecule has 2 aromatic rings. The van der Waals surface area contributed by atoms with Crippen LogP contribution in [0.15, 0.2) is 48.5 Å². The topological polar surface area (TPSA) is 86.7 Å². The number of hydrogen-bond donors (Lipinski definition) is 2. The number of aryl methyl sites for hydroxylation is 1. The van der Waals surface area contributed by atoms with E-state index in [9.17, 15) is 14.4 Å². The molecule has 1 unspecified atom stereocenters. The van der Waals surface area contributed by atoms with Crippen molar-refractivity contribution in [2.45, 2.75) is 19.3 Å². The van der Waals surface area contributed by atoms with Gasteiger partial charge < -0.3 is 15.3 Å². The van der Waals surface area contributed by atoms with Crippen LogP contribution in [-0.2, 0) is 20.8 Å². The Morgan fingerprint density at radius 3 is 2.70 bits per heavy atom. The average molecular weight is 387 g/mol. The van der Waals surface area contributed by atoms with Gasteiger partial charge in [0.15, 0.2) is 0 Å². The minimum Gasteiger partial charge on any atom is -0.481 e. The second-order valence-electron chi connectivity index (χ2n) is 6.39. The quantitative estimate of drug-likeness (QED) is 0.745. The summed E-state index contributed by atoms with van der Waals surface area (Å²) in [6.45, 7) is 0.454. The minimum absolute atomic E-state index is 0.0209. The van der Waals surface area contributed by atoms with Crippen molar-refractivity contribution < 1.29 is 19.5 Å². The highest BCUT2D eigenvalue weighted by molar-refractivity contribution is 6.31. The molecule has 0 bridgehead atoms. The molecule has 2 aromatic carbocycles. The molecule has 1 aliphatic heterocycles. The van der Waals surface area contributed by atoms with Gasteiger partial charge in [-0.3, -0.25) is 14.4 Å². The number of aliphatic carboxylic acids is 1. The Bertz CT molecular complexity index is 884. The van der Waals surface area contributed by atoms with Crippen LogP contribution >= 0.6 is 11.6 Å². The Kier molecular flexibility index (Phi) is 5.76. The molecule has 1 fully saturated rings.